The average Bonchev–Trinajstić information content (AvgIpc) is 2.37. The van der Waals surface area contributed by atoms with Crippen molar-refractivity contribution in [2.45, 2.75) is 39.3 Å². The van der Waals surface area contributed by atoms with Crippen LogP contribution in [0.4, 0.5) is 0 Å². The number of carbonyl (C=O) groups excluding carboxylic acids is 1. The minimum absolute atomic E-state index is 0.0459. The summed E-state index contributed by atoms with van der Waals surface area (Å²) in [6, 6.07) is 3.91. The van der Waals surface area contributed by atoms with Crippen LogP contribution in [0.25, 0.3) is 0 Å². The van der Waals surface area contributed by atoms with Gasteiger partial charge in [-0.3, -0.25) is 15.1 Å². The van der Waals surface area contributed by atoms with Crippen LogP contribution in [0, 0.1) is 5.92 Å². The number of likely N-dealkylation sites (N-methyl/N-ethyl adjacent to an activating group) is 1. The minimum atomic E-state index is -0.154. The number of aromatic nitrogens is 1. The fraction of sp³-hybridized carbons (Fsp3) is 0.571. The van der Waals surface area contributed by atoms with E-state index < -0.39 is 0 Å². The van der Waals surface area contributed by atoms with E-state index in [4.69, 9.17) is 0 Å². The molecule has 4 heteroatoms. The summed E-state index contributed by atoms with van der Waals surface area (Å²) in [5.41, 5.74) is 1.14. The van der Waals surface area contributed by atoms with Gasteiger partial charge in [0.15, 0.2) is 0 Å². The second-order valence-electron chi connectivity index (χ2n) is 4.97. The van der Waals surface area contributed by atoms with Crippen LogP contribution in [0.5, 0.6) is 0 Å². The maximum Gasteiger partial charge on any atom is 0.236 e. The third-order valence-electron chi connectivity index (χ3n) is 2.93. The molecule has 2 atom stereocenters. The van der Waals surface area contributed by atoms with E-state index in [2.05, 4.69) is 36.4 Å². The van der Waals surface area contributed by atoms with Crippen molar-refractivity contribution in [1.29, 1.82) is 0 Å². The molecule has 1 heterocycles. The smallest absolute Gasteiger partial charge is 0.236 e. The zero-order valence-electron chi connectivity index (χ0n) is 11.6. The standard InChI is InChI=1S/C14H23N3O/c1-10(2)9-13(14(18)15-4)17-11(3)12-5-7-16-8-6-12/h5-8,10-11,13,17H,9H2,1-4H3,(H,15,18). The minimum Gasteiger partial charge on any atom is -0.358 e. The molecule has 0 aliphatic carbocycles. The van der Waals surface area contributed by atoms with Crippen molar-refractivity contribution in [3.63, 3.8) is 0 Å². The fourth-order valence-electron chi connectivity index (χ4n) is 1.95. The van der Waals surface area contributed by atoms with Crippen molar-refractivity contribution < 1.29 is 4.79 Å². The van der Waals surface area contributed by atoms with E-state index in [1.54, 1.807) is 19.4 Å². The van der Waals surface area contributed by atoms with Crippen molar-refractivity contribution in [3.8, 4) is 0 Å². The quantitative estimate of drug-likeness (QED) is 0.809. The van der Waals surface area contributed by atoms with Crippen molar-refractivity contribution in [1.82, 2.24) is 15.6 Å². The highest BCUT2D eigenvalue weighted by atomic mass is 16.2. The van der Waals surface area contributed by atoms with Gasteiger partial charge in [-0.15, -0.1) is 0 Å². The number of amides is 1. The lowest BCUT2D eigenvalue weighted by Gasteiger charge is -2.23. The molecule has 0 aromatic carbocycles. The SMILES string of the molecule is CNC(=O)C(CC(C)C)NC(C)c1ccncc1. The Morgan fingerprint density at radius 1 is 1.28 bits per heavy atom. The van der Waals surface area contributed by atoms with Crippen LogP contribution in [-0.2, 0) is 4.79 Å². The first kappa shape index (κ1) is 14.6. The molecule has 0 bridgehead atoms. The second kappa shape index (κ2) is 7.11. The molecule has 4 nitrogen and oxygen atoms in total. The summed E-state index contributed by atoms with van der Waals surface area (Å²) >= 11 is 0. The molecule has 2 unspecified atom stereocenters. The Balaban J connectivity index is 2.68. The summed E-state index contributed by atoms with van der Waals surface area (Å²) in [5.74, 6) is 0.522. The van der Waals surface area contributed by atoms with E-state index in [0.717, 1.165) is 12.0 Å². The maximum atomic E-state index is 11.8. The van der Waals surface area contributed by atoms with Crippen LogP contribution in [0.2, 0.25) is 0 Å². The van der Waals surface area contributed by atoms with Gasteiger partial charge in [-0.25, -0.2) is 0 Å². The Hall–Kier alpha value is -1.42. The van der Waals surface area contributed by atoms with Gasteiger partial charge >= 0.3 is 0 Å². The summed E-state index contributed by atoms with van der Waals surface area (Å²) in [4.78, 5) is 15.8. The molecule has 0 aliphatic heterocycles. The zero-order chi connectivity index (χ0) is 13.5. The molecule has 1 rings (SSSR count). The second-order valence-corrected chi connectivity index (χ2v) is 4.97. The van der Waals surface area contributed by atoms with Gasteiger partial charge in [-0.2, -0.15) is 0 Å². The zero-order valence-corrected chi connectivity index (χ0v) is 11.6. The number of hydrogen-bond acceptors (Lipinski definition) is 3. The van der Waals surface area contributed by atoms with E-state index in [-0.39, 0.29) is 18.0 Å². The highest BCUT2D eigenvalue weighted by Gasteiger charge is 2.20. The molecular formula is C14H23N3O. The van der Waals surface area contributed by atoms with Gasteiger partial charge in [0.2, 0.25) is 5.91 Å². The van der Waals surface area contributed by atoms with E-state index >= 15 is 0 Å². The lowest BCUT2D eigenvalue weighted by molar-refractivity contribution is -0.123. The number of carbonyl (C=O) groups is 1. The highest BCUT2D eigenvalue weighted by molar-refractivity contribution is 5.81. The fourth-order valence-corrected chi connectivity index (χ4v) is 1.95. The van der Waals surface area contributed by atoms with Gasteiger partial charge in [0.25, 0.3) is 0 Å². The van der Waals surface area contributed by atoms with Gasteiger partial charge in [0.05, 0.1) is 6.04 Å². The van der Waals surface area contributed by atoms with Crippen LogP contribution in [0.3, 0.4) is 0 Å². The molecule has 2 N–H and O–H groups in total. The van der Waals surface area contributed by atoms with Crippen LogP contribution in [0.15, 0.2) is 24.5 Å². The molecule has 1 aromatic heterocycles. The summed E-state index contributed by atoms with van der Waals surface area (Å²) in [6.07, 6.45) is 4.37. The van der Waals surface area contributed by atoms with Crippen molar-refractivity contribution in [2.75, 3.05) is 7.05 Å². The first-order chi connectivity index (χ1) is 8.54. The highest BCUT2D eigenvalue weighted by Crippen LogP contribution is 2.14. The Bertz CT molecular complexity index is 365. The Kier molecular flexibility index (Phi) is 5.78. The summed E-state index contributed by atoms with van der Waals surface area (Å²) in [7, 11) is 1.68. The molecule has 0 saturated heterocycles. The molecular weight excluding hydrogens is 226 g/mol. The molecule has 1 amide bonds. The van der Waals surface area contributed by atoms with Crippen LogP contribution < -0.4 is 10.6 Å². The van der Waals surface area contributed by atoms with Gasteiger partial charge in [0.1, 0.15) is 0 Å². The normalized spacial score (nSPS) is 14.3. The summed E-state index contributed by atoms with van der Waals surface area (Å²) in [6.45, 7) is 6.30. The molecule has 0 fully saturated rings. The molecule has 18 heavy (non-hydrogen) atoms. The topological polar surface area (TPSA) is 54.0 Å². The third kappa shape index (κ3) is 4.45. The Labute approximate surface area is 109 Å². The average molecular weight is 249 g/mol. The lowest BCUT2D eigenvalue weighted by Crippen LogP contribution is -2.44. The van der Waals surface area contributed by atoms with Gasteiger partial charge in [0, 0.05) is 25.5 Å². The number of hydrogen-bond donors (Lipinski definition) is 2. The van der Waals surface area contributed by atoms with Crippen molar-refractivity contribution >= 4 is 5.91 Å². The van der Waals surface area contributed by atoms with Gasteiger partial charge in [-0.05, 0) is 37.0 Å². The van der Waals surface area contributed by atoms with Gasteiger partial charge < -0.3 is 5.32 Å². The Morgan fingerprint density at radius 3 is 2.39 bits per heavy atom. The number of nitrogens with one attached hydrogen (secondary N) is 2. The van der Waals surface area contributed by atoms with Crippen LogP contribution in [0.1, 0.15) is 38.8 Å². The van der Waals surface area contributed by atoms with E-state index in [1.807, 2.05) is 12.1 Å². The molecule has 0 radical (unpaired) electrons. The van der Waals surface area contributed by atoms with Crippen molar-refractivity contribution in [2.24, 2.45) is 5.92 Å². The Morgan fingerprint density at radius 2 is 1.89 bits per heavy atom. The van der Waals surface area contributed by atoms with Crippen LogP contribution in [-0.4, -0.2) is 24.0 Å². The third-order valence-corrected chi connectivity index (χ3v) is 2.93. The van der Waals surface area contributed by atoms with E-state index in [1.165, 1.54) is 0 Å². The molecule has 1 aromatic rings. The van der Waals surface area contributed by atoms with Crippen LogP contribution >= 0.6 is 0 Å². The molecule has 100 valence electrons. The predicted octanol–water partition coefficient (Wildman–Crippen LogP) is 1.89. The number of rotatable bonds is 6. The number of pyridine rings is 1. The van der Waals surface area contributed by atoms with Crippen molar-refractivity contribution in [3.05, 3.63) is 30.1 Å². The molecule has 0 saturated carbocycles. The van der Waals surface area contributed by atoms with E-state index in [9.17, 15) is 4.79 Å². The van der Waals surface area contributed by atoms with E-state index in [0.29, 0.717) is 5.92 Å². The molecule has 0 aliphatic rings. The predicted molar refractivity (Wildman–Crippen MR) is 73.1 cm³/mol. The lowest BCUT2D eigenvalue weighted by atomic mass is 10.0. The first-order valence-electron chi connectivity index (χ1n) is 6.42. The largest absolute Gasteiger partial charge is 0.358 e. The first-order valence-corrected chi connectivity index (χ1v) is 6.42. The molecule has 0 spiro atoms. The van der Waals surface area contributed by atoms with Gasteiger partial charge in [-0.1, -0.05) is 13.8 Å². The number of nitrogens with zero attached hydrogens (tertiary/aromatic N) is 1. The summed E-state index contributed by atoms with van der Waals surface area (Å²) < 4.78 is 0. The maximum absolute atomic E-state index is 11.8. The summed E-state index contributed by atoms with van der Waals surface area (Å²) in [5, 5.41) is 6.09. The monoisotopic (exact) mass is 249 g/mol.